The van der Waals surface area contributed by atoms with E-state index in [1.54, 1.807) is 0 Å². The number of anilines is 1. The van der Waals surface area contributed by atoms with Gasteiger partial charge in [-0.05, 0) is 60.3 Å². The Morgan fingerprint density at radius 1 is 1.37 bits per heavy atom. The number of aryl methyl sites for hydroxylation is 2. The number of nitrogens with two attached hydrogens (primary N) is 1. The molecule has 19 heavy (non-hydrogen) atoms. The molecule has 3 N–H and O–H groups in total. The van der Waals surface area contributed by atoms with Crippen molar-refractivity contribution in [1.29, 1.82) is 0 Å². The smallest absolute Gasteiger partial charge is 0.193 e. The third kappa shape index (κ3) is 2.75. The summed E-state index contributed by atoms with van der Waals surface area (Å²) in [6.45, 7) is 5.42. The zero-order chi connectivity index (χ0) is 13.5. The first-order valence-corrected chi connectivity index (χ1v) is 7.23. The van der Waals surface area contributed by atoms with Gasteiger partial charge in [0.2, 0.25) is 0 Å². The Morgan fingerprint density at radius 3 is 2.84 bits per heavy atom. The molecule has 1 unspecified atom stereocenters. The largest absolute Gasteiger partial charge is 0.370 e. The van der Waals surface area contributed by atoms with E-state index in [9.17, 15) is 0 Å². The highest BCUT2D eigenvalue weighted by atomic mass is 15.1. The van der Waals surface area contributed by atoms with Crippen LogP contribution in [0.15, 0.2) is 23.2 Å². The lowest BCUT2D eigenvalue weighted by Gasteiger charge is -2.08. The molecule has 0 radical (unpaired) electrons. The number of benzene rings is 1. The van der Waals surface area contributed by atoms with Gasteiger partial charge in [-0.25, -0.2) is 0 Å². The number of hydrogen-bond acceptors (Lipinski definition) is 1. The normalized spacial score (nSPS) is 24.1. The predicted octanol–water partition coefficient (Wildman–Crippen LogP) is 2.95. The topological polar surface area (TPSA) is 50.4 Å². The molecule has 1 fully saturated rings. The van der Waals surface area contributed by atoms with E-state index in [-0.39, 0.29) is 0 Å². The molecular formula is C16H23N3. The Morgan fingerprint density at radius 2 is 2.11 bits per heavy atom. The first-order chi connectivity index (χ1) is 9.04. The Hall–Kier alpha value is -1.51. The second-order valence-corrected chi connectivity index (χ2v) is 6.58. The van der Waals surface area contributed by atoms with Crippen molar-refractivity contribution >= 4 is 11.6 Å². The molecule has 3 nitrogen and oxygen atoms in total. The Balaban J connectivity index is 1.60. The molecule has 0 amide bonds. The van der Waals surface area contributed by atoms with Gasteiger partial charge >= 0.3 is 0 Å². The van der Waals surface area contributed by atoms with Crippen molar-refractivity contribution in [3.63, 3.8) is 0 Å². The Kier molecular flexibility index (Phi) is 3.00. The van der Waals surface area contributed by atoms with E-state index in [0.717, 1.165) is 12.2 Å². The van der Waals surface area contributed by atoms with Crippen LogP contribution < -0.4 is 11.1 Å². The van der Waals surface area contributed by atoms with Gasteiger partial charge in [0, 0.05) is 12.2 Å². The lowest BCUT2D eigenvalue weighted by atomic mass is 10.1. The highest BCUT2D eigenvalue weighted by Crippen LogP contribution is 2.51. The molecule has 1 atom stereocenters. The van der Waals surface area contributed by atoms with E-state index < -0.39 is 0 Å². The number of nitrogens with zero attached hydrogens (tertiary/aromatic N) is 1. The van der Waals surface area contributed by atoms with Gasteiger partial charge in [-0.3, -0.25) is 4.99 Å². The minimum absolute atomic E-state index is 0.470. The fraction of sp³-hybridized carbons (Fsp3) is 0.562. The minimum atomic E-state index is 0.470. The molecule has 0 saturated heterocycles. The Labute approximate surface area is 115 Å². The second-order valence-electron chi connectivity index (χ2n) is 6.58. The molecule has 1 aromatic carbocycles. The highest BCUT2D eigenvalue weighted by Gasteiger charge is 2.45. The molecule has 3 rings (SSSR count). The molecule has 2 aliphatic rings. The van der Waals surface area contributed by atoms with Crippen molar-refractivity contribution in [3.05, 3.63) is 29.3 Å². The van der Waals surface area contributed by atoms with Crippen LogP contribution >= 0.6 is 0 Å². The van der Waals surface area contributed by atoms with Crippen LogP contribution in [0.4, 0.5) is 5.69 Å². The fourth-order valence-electron chi connectivity index (χ4n) is 2.93. The highest BCUT2D eigenvalue weighted by molar-refractivity contribution is 5.92. The first kappa shape index (κ1) is 12.5. The zero-order valence-corrected chi connectivity index (χ0v) is 11.9. The van der Waals surface area contributed by atoms with Crippen molar-refractivity contribution in [2.75, 3.05) is 11.9 Å². The lowest BCUT2D eigenvalue weighted by molar-refractivity contribution is 0.566. The second kappa shape index (κ2) is 4.55. The third-order valence-electron chi connectivity index (χ3n) is 4.57. The van der Waals surface area contributed by atoms with Gasteiger partial charge in [0.05, 0.1) is 0 Å². The summed E-state index contributed by atoms with van der Waals surface area (Å²) in [4.78, 5) is 4.45. The van der Waals surface area contributed by atoms with Crippen molar-refractivity contribution in [2.45, 2.75) is 39.5 Å². The molecule has 1 saturated carbocycles. The lowest BCUT2D eigenvalue weighted by Crippen LogP contribution is -2.23. The van der Waals surface area contributed by atoms with Gasteiger partial charge in [0.1, 0.15) is 0 Å². The van der Waals surface area contributed by atoms with Crippen molar-refractivity contribution in [2.24, 2.45) is 22.1 Å². The summed E-state index contributed by atoms with van der Waals surface area (Å²) in [5.74, 6) is 1.24. The summed E-state index contributed by atoms with van der Waals surface area (Å²) in [7, 11) is 0. The molecule has 102 valence electrons. The van der Waals surface area contributed by atoms with E-state index in [0.29, 0.717) is 17.3 Å². The van der Waals surface area contributed by atoms with Gasteiger partial charge in [-0.1, -0.05) is 19.9 Å². The van der Waals surface area contributed by atoms with Crippen LogP contribution in [0.1, 0.15) is 37.8 Å². The molecule has 0 heterocycles. The zero-order valence-electron chi connectivity index (χ0n) is 11.9. The molecule has 3 heteroatoms. The molecule has 0 bridgehead atoms. The summed E-state index contributed by atoms with van der Waals surface area (Å²) in [6, 6.07) is 6.53. The van der Waals surface area contributed by atoms with Crippen molar-refractivity contribution in [3.8, 4) is 0 Å². The van der Waals surface area contributed by atoms with Gasteiger partial charge in [-0.15, -0.1) is 0 Å². The minimum Gasteiger partial charge on any atom is -0.370 e. The summed E-state index contributed by atoms with van der Waals surface area (Å²) < 4.78 is 0. The summed E-state index contributed by atoms with van der Waals surface area (Å²) in [5, 5.41) is 3.21. The molecule has 0 aromatic heterocycles. The van der Waals surface area contributed by atoms with E-state index in [4.69, 9.17) is 5.73 Å². The van der Waals surface area contributed by atoms with Crippen LogP contribution in [0.25, 0.3) is 0 Å². The standard InChI is InChI=1S/C16H23N3/c1-16(2)9-13(16)10-18-15(17)19-14-7-6-11-4-3-5-12(11)8-14/h6-8,13H,3-5,9-10H2,1-2H3,(H3,17,18,19). The van der Waals surface area contributed by atoms with Crippen LogP contribution in [0, 0.1) is 11.3 Å². The number of rotatable bonds is 3. The number of fused-ring (bicyclic) bond motifs is 1. The number of aliphatic imine (C=N–C) groups is 1. The SMILES string of the molecule is CC1(C)CC1CN=C(N)Nc1ccc2c(c1)CCC2. The molecular weight excluding hydrogens is 234 g/mol. The Bertz CT molecular complexity index is 517. The first-order valence-electron chi connectivity index (χ1n) is 7.23. The molecule has 1 aromatic rings. The maximum absolute atomic E-state index is 5.95. The fourth-order valence-corrected chi connectivity index (χ4v) is 2.93. The van der Waals surface area contributed by atoms with Crippen LogP contribution in [0.5, 0.6) is 0 Å². The van der Waals surface area contributed by atoms with E-state index in [1.807, 2.05) is 0 Å². The predicted molar refractivity (Wildman–Crippen MR) is 80.5 cm³/mol. The molecule has 0 spiro atoms. The third-order valence-corrected chi connectivity index (χ3v) is 4.57. The van der Waals surface area contributed by atoms with Crippen molar-refractivity contribution < 1.29 is 0 Å². The average molecular weight is 257 g/mol. The van der Waals surface area contributed by atoms with Crippen LogP contribution in [-0.4, -0.2) is 12.5 Å². The number of guanidine groups is 1. The van der Waals surface area contributed by atoms with Crippen molar-refractivity contribution in [1.82, 2.24) is 0 Å². The monoisotopic (exact) mass is 257 g/mol. The summed E-state index contributed by atoms with van der Waals surface area (Å²) in [6.07, 6.45) is 4.95. The molecule has 2 aliphatic carbocycles. The summed E-state index contributed by atoms with van der Waals surface area (Å²) in [5.41, 5.74) is 10.4. The number of nitrogens with one attached hydrogen (secondary N) is 1. The van der Waals surface area contributed by atoms with Gasteiger partial charge < -0.3 is 11.1 Å². The van der Waals surface area contributed by atoms with Gasteiger partial charge in [0.15, 0.2) is 5.96 Å². The maximum atomic E-state index is 5.95. The van der Waals surface area contributed by atoms with E-state index in [1.165, 1.54) is 36.8 Å². The summed E-state index contributed by atoms with van der Waals surface area (Å²) >= 11 is 0. The van der Waals surface area contributed by atoms with Crippen LogP contribution in [-0.2, 0) is 12.8 Å². The maximum Gasteiger partial charge on any atom is 0.193 e. The van der Waals surface area contributed by atoms with Gasteiger partial charge in [0.25, 0.3) is 0 Å². The van der Waals surface area contributed by atoms with Crippen LogP contribution in [0.2, 0.25) is 0 Å². The number of hydrogen-bond donors (Lipinski definition) is 2. The van der Waals surface area contributed by atoms with Crippen LogP contribution in [0.3, 0.4) is 0 Å². The van der Waals surface area contributed by atoms with E-state index >= 15 is 0 Å². The van der Waals surface area contributed by atoms with E-state index in [2.05, 4.69) is 42.4 Å². The average Bonchev–Trinajstić information content (AvgIpc) is 2.76. The quantitative estimate of drug-likeness (QED) is 0.646. The van der Waals surface area contributed by atoms with Gasteiger partial charge in [-0.2, -0.15) is 0 Å². The molecule has 0 aliphatic heterocycles.